The van der Waals surface area contributed by atoms with Gasteiger partial charge in [-0.1, -0.05) is 32.0 Å². The van der Waals surface area contributed by atoms with E-state index < -0.39 is 16.7 Å². The Balaban J connectivity index is 3.07. The Morgan fingerprint density at radius 2 is 1.90 bits per heavy atom. The quantitative estimate of drug-likeness (QED) is 0.596. The number of thioether (sulfide) groups is 1. The van der Waals surface area contributed by atoms with Gasteiger partial charge in [0.05, 0.1) is 0 Å². The molecule has 110 valence electrons. The average molecular weight is 314 g/mol. The molecule has 1 aromatic carbocycles. The largest absolute Gasteiger partial charge is 0.479 e. The van der Waals surface area contributed by atoms with E-state index >= 15 is 0 Å². The lowest BCUT2D eigenvalue weighted by Gasteiger charge is -2.40. The number of rotatable bonds is 7. The topological polar surface area (TPSA) is 74.6 Å². The number of carboxylic acid groups (broad SMARTS) is 1. The van der Waals surface area contributed by atoms with E-state index in [1.54, 1.807) is 13.8 Å². The normalized spacial score (nSPS) is 17.6. The molecular formula is C14H19O4PS. The van der Waals surface area contributed by atoms with Gasteiger partial charge in [-0.2, -0.15) is 0 Å². The first-order valence-corrected chi connectivity index (χ1v) is 8.06. The van der Waals surface area contributed by atoms with Crippen LogP contribution in [0.2, 0.25) is 0 Å². The molecule has 0 aliphatic heterocycles. The van der Waals surface area contributed by atoms with Crippen molar-refractivity contribution in [1.82, 2.24) is 0 Å². The van der Waals surface area contributed by atoms with Crippen LogP contribution in [0.3, 0.4) is 0 Å². The van der Waals surface area contributed by atoms with E-state index in [-0.39, 0.29) is 20.1 Å². The molecule has 2 unspecified atom stereocenters. The van der Waals surface area contributed by atoms with Crippen LogP contribution in [0.5, 0.6) is 0 Å². The van der Waals surface area contributed by atoms with E-state index in [0.29, 0.717) is 0 Å². The van der Waals surface area contributed by atoms with Gasteiger partial charge >= 0.3 is 5.97 Å². The van der Waals surface area contributed by atoms with Gasteiger partial charge in [-0.05, 0) is 25.0 Å². The molecule has 0 saturated heterocycles. The standard InChI is InChI=1S/C14H19O4PS/c1-10(2)14(19-18,13(3,17)12(15)16)9-20-11-7-5-4-6-8-11/h4-8,10,17H,9H2,1-3H3,(H,15,16). The van der Waals surface area contributed by atoms with Crippen molar-refractivity contribution in [2.24, 2.45) is 5.92 Å². The van der Waals surface area contributed by atoms with Crippen LogP contribution < -0.4 is 0 Å². The lowest BCUT2D eigenvalue weighted by molar-refractivity contribution is -0.161. The molecule has 0 aromatic heterocycles. The Hall–Kier alpha value is -0.900. The summed E-state index contributed by atoms with van der Waals surface area (Å²) in [5.74, 6) is -1.37. The molecule has 0 bridgehead atoms. The first-order valence-electron chi connectivity index (χ1n) is 6.26. The highest BCUT2D eigenvalue weighted by Gasteiger charge is 2.55. The fourth-order valence-electron chi connectivity index (χ4n) is 1.99. The van der Waals surface area contributed by atoms with Crippen LogP contribution in [0.4, 0.5) is 0 Å². The van der Waals surface area contributed by atoms with Crippen molar-refractivity contribution in [3.8, 4) is 0 Å². The van der Waals surface area contributed by atoms with Crippen LogP contribution in [-0.4, -0.2) is 32.7 Å². The van der Waals surface area contributed by atoms with Crippen molar-refractivity contribution >= 4 is 26.2 Å². The molecule has 6 heteroatoms. The van der Waals surface area contributed by atoms with Crippen molar-refractivity contribution in [2.75, 3.05) is 5.75 Å². The van der Waals surface area contributed by atoms with Gasteiger partial charge in [0.25, 0.3) is 0 Å². The van der Waals surface area contributed by atoms with Crippen LogP contribution in [0.1, 0.15) is 20.8 Å². The van der Waals surface area contributed by atoms with Gasteiger partial charge in [-0.3, -0.25) is 4.57 Å². The van der Waals surface area contributed by atoms with E-state index in [9.17, 15) is 19.6 Å². The van der Waals surface area contributed by atoms with E-state index in [1.165, 1.54) is 18.7 Å². The third-order valence-corrected chi connectivity index (χ3v) is 6.43. The van der Waals surface area contributed by atoms with Gasteiger partial charge in [0, 0.05) is 10.6 Å². The molecule has 0 fully saturated rings. The summed E-state index contributed by atoms with van der Waals surface area (Å²) in [6.07, 6.45) is 0. The minimum absolute atomic E-state index is 0.249. The molecule has 2 atom stereocenters. The van der Waals surface area contributed by atoms with Crippen molar-refractivity contribution < 1.29 is 19.6 Å². The third-order valence-electron chi connectivity index (χ3n) is 3.58. The highest BCUT2D eigenvalue weighted by atomic mass is 32.2. The minimum atomic E-state index is -2.06. The predicted molar refractivity (Wildman–Crippen MR) is 80.6 cm³/mol. The van der Waals surface area contributed by atoms with Gasteiger partial charge in [0.2, 0.25) is 0 Å². The summed E-state index contributed by atoms with van der Waals surface area (Å²) < 4.78 is 11.7. The third kappa shape index (κ3) is 3.22. The Morgan fingerprint density at radius 1 is 1.35 bits per heavy atom. The molecule has 1 rings (SSSR count). The number of carboxylic acids is 1. The van der Waals surface area contributed by atoms with Gasteiger partial charge < -0.3 is 10.2 Å². The number of aliphatic hydroxyl groups is 1. The molecule has 0 radical (unpaired) electrons. The van der Waals surface area contributed by atoms with E-state index in [1.807, 2.05) is 30.3 Å². The van der Waals surface area contributed by atoms with Gasteiger partial charge in [0.1, 0.15) is 5.16 Å². The molecular weight excluding hydrogens is 295 g/mol. The second kappa shape index (κ2) is 6.70. The summed E-state index contributed by atoms with van der Waals surface area (Å²) in [5.41, 5.74) is -2.06. The molecule has 2 N–H and O–H groups in total. The van der Waals surface area contributed by atoms with Gasteiger partial charge in [-0.15, -0.1) is 11.8 Å². The maximum absolute atomic E-state index is 11.7. The van der Waals surface area contributed by atoms with Crippen molar-refractivity contribution in [3.05, 3.63) is 30.3 Å². The zero-order valence-electron chi connectivity index (χ0n) is 11.7. The Kier molecular flexibility index (Phi) is 5.75. The Bertz CT molecular complexity index is 475. The SMILES string of the molecule is CC(C)C(CSc1ccccc1)(P=O)C(C)(O)C(=O)O. The number of benzene rings is 1. The summed E-state index contributed by atoms with van der Waals surface area (Å²) in [6.45, 7) is 4.76. The highest BCUT2D eigenvalue weighted by Crippen LogP contribution is 2.45. The summed E-state index contributed by atoms with van der Waals surface area (Å²) in [4.78, 5) is 12.3. The van der Waals surface area contributed by atoms with Crippen LogP contribution in [-0.2, 0) is 9.36 Å². The maximum Gasteiger partial charge on any atom is 0.336 e. The van der Waals surface area contributed by atoms with Crippen molar-refractivity contribution in [1.29, 1.82) is 0 Å². The second-order valence-electron chi connectivity index (χ2n) is 5.15. The molecule has 0 amide bonds. The summed E-state index contributed by atoms with van der Waals surface area (Å²) >= 11 is 1.39. The lowest BCUT2D eigenvalue weighted by atomic mass is 9.81. The van der Waals surface area contributed by atoms with Gasteiger partial charge in [0.15, 0.2) is 14.1 Å². The fourth-order valence-corrected chi connectivity index (χ4v) is 4.22. The smallest absolute Gasteiger partial charge is 0.336 e. The Morgan fingerprint density at radius 3 is 2.30 bits per heavy atom. The predicted octanol–water partition coefficient (Wildman–Crippen LogP) is 3.30. The molecule has 1 aromatic rings. The summed E-state index contributed by atoms with van der Waals surface area (Å²) in [7, 11) is -0.364. The summed E-state index contributed by atoms with van der Waals surface area (Å²) in [6, 6.07) is 9.44. The fraction of sp³-hybridized carbons (Fsp3) is 0.500. The van der Waals surface area contributed by atoms with Gasteiger partial charge in [-0.25, -0.2) is 4.79 Å². The Labute approximate surface area is 124 Å². The maximum atomic E-state index is 11.7. The number of carbonyl (C=O) groups is 1. The number of aliphatic carboxylic acids is 1. The first-order chi connectivity index (χ1) is 9.28. The first kappa shape index (κ1) is 17.2. The summed E-state index contributed by atoms with van der Waals surface area (Å²) in [5, 5.41) is 18.3. The molecule has 0 aliphatic carbocycles. The van der Waals surface area contributed by atoms with Crippen LogP contribution >= 0.6 is 20.2 Å². The van der Waals surface area contributed by atoms with Crippen molar-refractivity contribution in [2.45, 2.75) is 36.4 Å². The minimum Gasteiger partial charge on any atom is -0.479 e. The highest BCUT2D eigenvalue weighted by molar-refractivity contribution is 7.99. The van der Waals surface area contributed by atoms with E-state index in [0.717, 1.165) is 4.90 Å². The zero-order chi connectivity index (χ0) is 15.4. The molecule has 0 aliphatic rings. The van der Waals surface area contributed by atoms with Crippen molar-refractivity contribution in [3.63, 3.8) is 0 Å². The van der Waals surface area contributed by atoms with Crippen LogP contribution in [0.25, 0.3) is 0 Å². The van der Waals surface area contributed by atoms with E-state index in [4.69, 9.17) is 0 Å². The second-order valence-corrected chi connectivity index (χ2v) is 7.18. The lowest BCUT2D eigenvalue weighted by Crippen LogP contribution is -2.58. The number of hydrogen-bond donors (Lipinski definition) is 2. The molecule has 0 heterocycles. The van der Waals surface area contributed by atoms with Crippen LogP contribution in [0.15, 0.2) is 35.2 Å². The monoisotopic (exact) mass is 314 g/mol. The molecule has 0 spiro atoms. The van der Waals surface area contributed by atoms with E-state index in [2.05, 4.69) is 0 Å². The number of hydrogen-bond acceptors (Lipinski definition) is 4. The zero-order valence-corrected chi connectivity index (χ0v) is 13.4. The average Bonchev–Trinajstić information content (AvgIpc) is 2.40. The molecule has 0 saturated carbocycles. The molecule has 4 nitrogen and oxygen atoms in total. The van der Waals surface area contributed by atoms with Crippen LogP contribution in [0, 0.1) is 5.92 Å². The molecule has 20 heavy (non-hydrogen) atoms.